The molecule has 2 aromatic rings. The van der Waals surface area contributed by atoms with Crippen molar-refractivity contribution in [1.82, 2.24) is 4.90 Å². The van der Waals surface area contributed by atoms with Gasteiger partial charge < -0.3 is 28.4 Å². The van der Waals surface area contributed by atoms with Crippen LogP contribution >= 0.6 is 0 Å². The highest BCUT2D eigenvalue weighted by Crippen LogP contribution is 2.51. The van der Waals surface area contributed by atoms with Crippen LogP contribution in [0.1, 0.15) is 37.8 Å². The van der Waals surface area contributed by atoms with Gasteiger partial charge in [-0.3, -0.25) is 4.90 Å². The van der Waals surface area contributed by atoms with Crippen molar-refractivity contribution in [3.63, 3.8) is 0 Å². The summed E-state index contributed by atoms with van der Waals surface area (Å²) in [6.07, 6.45) is -0.0769. The molecule has 7 heteroatoms. The van der Waals surface area contributed by atoms with E-state index in [4.69, 9.17) is 28.4 Å². The van der Waals surface area contributed by atoms with Gasteiger partial charge in [0.05, 0.1) is 21.3 Å². The Hall–Kier alpha value is -2.80. The summed E-state index contributed by atoms with van der Waals surface area (Å²) >= 11 is 0. The molecule has 0 bridgehead atoms. The topological polar surface area (TPSA) is 58.6 Å². The van der Waals surface area contributed by atoms with Gasteiger partial charge in [-0.1, -0.05) is 20.8 Å². The zero-order valence-corrected chi connectivity index (χ0v) is 19.1. The van der Waals surface area contributed by atoms with E-state index in [0.29, 0.717) is 17.2 Å². The molecule has 7 nitrogen and oxygen atoms in total. The number of methoxy groups -OCH3 is 3. The summed E-state index contributed by atoms with van der Waals surface area (Å²) in [6, 6.07) is 8.05. The molecule has 168 valence electrons. The molecule has 2 aliphatic heterocycles. The number of ether oxygens (including phenoxy) is 6. The first kappa shape index (κ1) is 21.4. The van der Waals surface area contributed by atoms with Crippen molar-refractivity contribution in [2.75, 3.05) is 41.2 Å². The molecule has 2 aromatic carbocycles. The third-order valence-corrected chi connectivity index (χ3v) is 6.28. The van der Waals surface area contributed by atoms with Gasteiger partial charge in [0.1, 0.15) is 5.75 Å². The third-order valence-electron chi connectivity index (χ3n) is 6.28. The van der Waals surface area contributed by atoms with Gasteiger partial charge in [-0.25, -0.2) is 0 Å². The highest BCUT2D eigenvalue weighted by Gasteiger charge is 2.40. The van der Waals surface area contributed by atoms with Crippen LogP contribution in [0.4, 0.5) is 0 Å². The van der Waals surface area contributed by atoms with Crippen molar-refractivity contribution in [2.24, 2.45) is 5.92 Å². The van der Waals surface area contributed by atoms with Gasteiger partial charge in [-0.15, -0.1) is 0 Å². The van der Waals surface area contributed by atoms with Crippen molar-refractivity contribution < 1.29 is 28.4 Å². The Labute approximate surface area is 183 Å². The number of hydrogen-bond acceptors (Lipinski definition) is 7. The monoisotopic (exact) mass is 429 g/mol. The SMILES string of the molecule is CCN(CC)[C@@H]1Oc2cc3c(cc2[C@@H](c2cc(OC)c(OC)c(OC)c2)[C@@H]1C)OCO3. The van der Waals surface area contributed by atoms with E-state index in [-0.39, 0.29) is 24.9 Å². The predicted octanol–water partition coefficient (Wildman–Crippen LogP) is 4.27. The molecule has 0 saturated carbocycles. The van der Waals surface area contributed by atoms with E-state index in [1.165, 1.54) is 0 Å². The molecule has 0 spiro atoms. The Morgan fingerprint density at radius 3 is 2.03 bits per heavy atom. The van der Waals surface area contributed by atoms with Gasteiger partial charge in [-0.05, 0) is 36.9 Å². The first-order valence-electron chi connectivity index (χ1n) is 10.7. The lowest BCUT2D eigenvalue weighted by Gasteiger charge is -2.43. The molecule has 0 amide bonds. The fraction of sp³-hybridized carbons (Fsp3) is 0.500. The summed E-state index contributed by atoms with van der Waals surface area (Å²) in [5.41, 5.74) is 2.14. The van der Waals surface area contributed by atoms with Gasteiger partial charge in [0, 0.05) is 23.5 Å². The average molecular weight is 430 g/mol. The minimum atomic E-state index is -0.0769. The van der Waals surface area contributed by atoms with E-state index in [9.17, 15) is 0 Å². The van der Waals surface area contributed by atoms with E-state index in [1.807, 2.05) is 24.3 Å². The Morgan fingerprint density at radius 1 is 0.871 bits per heavy atom. The van der Waals surface area contributed by atoms with Gasteiger partial charge in [-0.2, -0.15) is 0 Å². The zero-order valence-electron chi connectivity index (χ0n) is 19.1. The molecule has 0 aromatic heterocycles. The van der Waals surface area contributed by atoms with E-state index >= 15 is 0 Å². The molecule has 0 radical (unpaired) electrons. The summed E-state index contributed by atoms with van der Waals surface area (Å²) in [4.78, 5) is 2.34. The largest absolute Gasteiger partial charge is 0.493 e. The normalized spacial score (nSPS) is 21.5. The van der Waals surface area contributed by atoms with Gasteiger partial charge >= 0.3 is 0 Å². The molecule has 2 heterocycles. The van der Waals surface area contributed by atoms with Crippen LogP contribution in [-0.4, -0.2) is 52.3 Å². The molecule has 0 N–H and O–H groups in total. The predicted molar refractivity (Wildman–Crippen MR) is 117 cm³/mol. The molecule has 0 unspecified atom stereocenters. The van der Waals surface area contributed by atoms with Crippen molar-refractivity contribution >= 4 is 0 Å². The highest BCUT2D eigenvalue weighted by atomic mass is 16.7. The standard InChI is InChI=1S/C24H31NO6/c1-7-25(8-2)24-14(3)22(15-9-20(26-4)23(28-6)21(10-15)27-5)16-11-18-19(30-13-29-18)12-17(16)31-24/h9-12,14,22,24H,7-8,13H2,1-6H3/t14-,22+,24+/m0/s1. The summed E-state index contributed by atoms with van der Waals surface area (Å²) < 4.78 is 34.6. The molecule has 2 aliphatic rings. The summed E-state index contributed by atoms with van der Waals surface area (Å²) in [5, 5.41) is 0. The smallest absolute Gasteiger partial charge is 0.231 e. The molecule has 0 fully saturated rings. The highest BCUT2D eigenvalue weighted by molar-refractivity contribution is 5.60. The van der Waals surface area contributed by atoms with Crippen molar-refractivity contribution in [1.29, 1.82) is 0 Å². The Bertz CT molecular complexity index is 917. The van der Waals surface area contributed by atoms with Crippen LogP contribution in [0.3, 0.4) is 0 Å². The number of benzene rings is 2. The van der Waals surface area contributed by atoms with Gasteiger partial charge in [0.25, 0.3) is 0 Å². The number of hydrogen-bond donors (Lipinski definition) is 0. The van der Waals surface area contributed by atoms with E-state index < -0.39 is 0 Å². The number of fused-ring (bicyclic) bond motifs is 2. The summed E-state index contributed by atoms with van der Waals surface area (Å²) in [5.74, 6) is 4.34. The number of nitrogens with zero attached hydrogens (tertiary/aromatic N) is 1. The Morgan fingerprint density at radius 2 is 1.48 bits per heavy atom. The molecular weight excluding hydrogens is 398 g/mol. The maximum absolute atomic E-state index is 6.53. The molecule has 0 saturated heterocycles. The van der Waals surface area contributed by atoms with Gasteiger partial charge in [0.15, 0.2) is 29.2 Å². The Kier molecular flexibility index (Phi) is 6.05. The van der Waals surface area contributed by atoms with Crippen LogP contribution in [0.2, 0.25) is 0 Å². The lowest BCUT2D eigenvalue weighted by molar-refractivity contribution is -0.0257. The Balaban J connectivity index is 1.89. The minimum absolute atomic E-state index is 0.0394. The molecule has 3 atom stereocenters. The fourth-order valence-electron chi connectivity index (χ4n) is 4.72. The maximum Gasteiger partial charge on any atom is 0.231 e. The molecule has 31 heavy (non-hydrogen) atoms. The van der Waals surface area contributed by atoms with Crippen LogP contribution in [0.25, 0.3) is 0 Å². The second-order valence-corrected chi connectivity index (χ2v) is 7.77. The van der Waals surface area contributed by atoms with E-state index in [0.717, 1.165) is 41.5 Å². The van der Waals surface area contributed by atoms with E-state index in [1.54, 1.807) is 21.3 Å². The van der Waals surface area contributed by atoms with Crippen LogP contribution in [0.15, 0.2) is 24.3 Å². The lowest BCUT2D eigenvalue weighted by atomic mass is 9.78. The number of rotatable bonds is 7. The summed E-state index contributed by atoms with van der Waals surface area (Å²) in [7, 11) is 4.89. The van der Waals surface area contributed by atoms with Gasteiger partial charge in [0.2, 0.25) is 12.5 Å². The summed E-state index contributed by atoms with van der Waals surface area (Å²) in [6.45, 7) is 8.56. The molecule has 0 aliphatic carbocycles. The van der Waals surface area contributed by atoms with Crippen molar-refractivity contribution in [2.45, 2.75) is 32.9 Å². The van der Waals surface area contributed by atoms with Crippen LogP contribution in [0, 0.1) is 5.92 Å². The first-order valence-corrected chi connectivity index (χ1v) is 10.7. The minimum Gasteiger partial charge on any atom is -0.493 e. The zero-order chi connectivity index (χ0) is 22.1. The van der Waals surface area contributed by atoms with Crippen molar-refractivity contribution in [3.8, 4) is 34.5 Å². The quantitative estimate of drug-likeness (QED) is 0.651. The second kappa shape index (κ2) is 8.75. The molecule has 4 rings (SSSR count). The van der Waals surface area contributed by atoms with Crippen LogP contribution in [0.5, 0.6) is 34.5 Å². The van der Waals surface area contributed by atoms with Crippen LogP contribution < -0.4 is 28.4 Å². The van der Waals surface area contributed by atoms with Crippen LogP contribution in [-0.2, 0) is 0 Å². The molecular formula is C24H31NO6. The third kappa shape index (κ3) is 3.61. The first-order chi connectivity index (χ1) is 15.1. The maximum atomic E-state index is 6.53. The van der Waals surface area contributed by atoms with Crippen molar-refractivity contribution in [3.05, 3.63) is 35.4 Å². The second-order valence-electron chi connectivity index (χ2n) is 7.77. The van der Waals surface area contributed by atoms with E-state index in [2.05, 4.69) is 25.7 Å². The average Bonchev–Trinajstić information content (AvgIpc) is 3.25. The fourth-order valence-corrected chi connectivity index (χ4v) is 4.72. The lowest BCUT2D eigenvalue weighted by Crippen LogP contribution is -2.48.